The van der Waals surface area contributed by atoms with E-state index in [2.05, 4.69) is 11.8 Å². The lowest BCUT2D eigenvalue weighted by molar-refractivity contribution is -0.217. The van der Waals surface area contributed by atoms with Gasteiger partial charge in [0, 0.05) is 10.6 Å². The molecule has 0 amide bonds. The Hall–Kier alpha value is -2.65. The molecule has 2 unspecified atom stereocenters. The van der Waals surface area contributed by atoms with Crippen molar-refractivity contribution in [1.29, 1.82) is 0 Å². The van der Waals surface area contributed by atoms with E-state index in [0.29, 0.717) is 11.1 Å². The van der Waals surface area contributed by atoms with Crippen molar-refractivity contribution in [2.24, 2.45) is 5.92 Å². The number of aliphatic carboxylic acids is 1. The van der Waals surface area contributed by atoms with Crippen LogP contribution in [0.4, 0.5) is 13.2 Å². The van der Waals surface area contributed by atoms with Crippen LogP contribution in [-0.4, -0.2) is 23.4 Å². The van der Waals surface area contributed by atoms with E-state index in [9.17, 15) is 18.0 Å². The van der Waals surface area contributed by atoms with Gasteiger partial charge in [-0.25, -0.2) is 0 Å². The van der Waals surface area contributed by atoms with Gasteiger partial charge in [-0.2, -0.15) is 13.2 Å². The second-order valence-electron chi connectivity index (χ2n) is 5.79. The number of carboxylic acids is 1. The topological polar surface area (TPSA) is 46.5 Å². The Balaban J connectivity index is 2.06. The molecule has 134 valence electrons. The summed E-state index contributed by atoms with van der Waals surface area (Å²) in [6.45, 7) is 0. The maximum Gasteiger partial charge on any atom is 0.426 e. The molecule has 2 atom stereocenters. The molecule has 7 heteroatoms. The van der Waals surface area contributed by atoms with Crippen molar-refractivity contribution >= 4 is 17.6 Å². The summed E-state index contributed by atoms with van der Waals surface area (Å²) < 4.78 is 44.8. The Kier molecular flexibility index (Phi) is 4.84. The number of alkyl halides is 3. The predicted octanol–water partition coefficient (Wildman–Crippen LogP) is 4.31. The Morgan fingerprint density at radius 3 is 2.50 bits per heavy atom. The standard InChI is InChI=1S/C19H12ClF3O3/c20-14-8-12(7-6-11-4-2-1-3-5-11)16-13(9-14)10-15(18(24)25)17(26-16)19(21,22)23/h1-5,8-9,15,17H,10H2,(H,24,25). The first-order chi connectivity index (χ1) is 12.3. The molecule has 26 heavy (non-hydrogen) atoms. The Labute approximate surface area is 152 Å². The first kappa shape index (κ1) is 18.2. The SMILES string of the molecule is O=C(O)C1Cc2cc(Cl)cc(C#Cc3ccccc3)c2OC1C(F)(F)F. The normalized spacial score (nSPS) is 18.9. The summed E-state index contributed by atoms with van der Waals surface area (Å²) in [6.07, 6.45) is -7.59. The zero-order valence-corrected chi connectivity index (χ0v) is 13.9. The molecule has 1 aliphatic rings. The maximum atomic E-state index is 13.3. The van der Waals surface area contributed by atoms with Gasteiger partial charge in [0.05, 0.1) is 5.56 Å². The molecule has 0 spiro atoms. The molecule has 0 radical (unpaired) electrons. The molecule has 1 N–H and O–H groups in total. The highest BCUT2D eigenvalue weighted by atomic mass is 35.5. The van der Waals surface area contributed by atoms with Crippen LogP contribution in [0.5, 0.6) is 5.75 Å². The van der Waals surface area contributed by atoms with Crippen LogP contribution in [0.2, 0.25) is 5.02 Å². The molecule has 0 saturated heterocycles. The molecule has 3 rings (SSSR count). The number of carboxylic acid groups (broad SMARTS) is 1. The van der Waals surface area contributed by atoms with Gasteiger partial charge in [0.25, 0.3) is 0 Å². The van der Waals surface area contributed by atoms with Gasteiger partial charge in [0.2, 0.25) is 6.10 Å². The average Bonchev–Trinajstić information content (AvgIpc) is 2.58. The Bertz CT molecular complexity index is 898. The van der Waals surface area contributed by atoms with E-state index in [-0.39, 0.29) is 22.8 Å². The fourth-order valence-electron chi connectivity index (χ4n) is 2.76. The Morgan fingerprint density at radius 2 is 1.88 bits per heavy atom. The van der Waals surface area contributed by atoms with Crippen LogP contribution in [0.25, 0.3) is 0 Å². The molecule has 3 nitrogen and oxygen atoms in total. The zero-order chi connectivity index (χ0) is 18.9. The maximum absolute atomic E-state index is 13.3. The Morgan fingerprint density at radius 1 is 1.19 bits per heavy atom. The van der Waals surface area contributed by atoms with Crippen LogP contribution in [0.3, 0.4) is 0 Å². The van der Waals surface area contributed by atoms with Crippen molar-refractivity contribution in [2.45, 2.75) is 18.7 Å². The van der Waals surface area contributed by atoms with Crippen molar-refractivity contribution in [2.75, 3.05) is 0 Å². The molecule has 1 heterocycles. The minimum atomic E-state index is -4.81. The molecule has 1 aliphatic heterocycles. The summed E-state index contributed by atoms with van der Waals surface area (Å²) in [5.74, 6) is 2.23. The fourth-order valence-corrected chi connectivity index (χ4v) is 3.00. The average molecular weight is 381 g/mol. The van der Waals surface area contributed by atoms with E-state index in [1.54, 1.807) is 24.3 Å². The summed E-state index contributed by atoms with van der Waals surface area (Å²) in [5, 5.41) is 9.40. The summed E-state index contributed by atoms with van der Waals surface area (Å²) >= 11 is 6.02. The monoisotopic (exact) mass is 380 g/mol. The molecule has 0 fully saturated rings. The summed E-state index contributed by atoms with van der Waals surface area (Å²) in [5.41, 5.74) is 1.16. The van der Waals surface area contributed by atoms with Crippen LogP contribution in [-0.2, 0) is 11.2 Å². The van der Waals surface area contributed by atoms with Crippen molar-refractivity contribution < 1.29 is 27.8 Å². The molecule has 2 aromatic carbocycles. The number of benzene rings is 2. The van der Waals surface area contributed by atoms with Gasteiger partial charge in [-0.15, -0.1) is 0 Å². The highest BCUT2D eigenvalue weighted by Crippen LogP contribution is 2.41. The van der Waals surface area contributed by atoms with Gasteiger partial charge in [-0.3, -0.25) is 4.79 Å². The lowest BCUT2D eigenvalue weighted by Crippen LogP contribution is -2.47. The molecular formula is C19H12ClF3O3. The van der Waals surface area contributed by atoms with E-state index in [1.165, 1.54) is 12.1 Å². The first-order valence-electron chi connectivity index (χ1n) is 7.61. The zero-order valence-electron chi connectivity index (χ0n) is 13.2. The minimum Gasteiger partial charge on any atom is -0.481 e. The second kappa shape index (κ2) is 6.93. The lowest BCUT2D eigenvalue weighted by Gasteiger charge is -2.33. The number of halogens is 4. The predicted molar refractivity (Wildman–Crippen MR) is 89.2 cm³/mol. The molecule has 0 bridgehead atoms. The summed E-state index contributed by atoms with van der Waals surface area (Å²) in [4.78, 5) is 11.3. The van der Waals surface area contributed by atoms with Crippen LogP contribution < -0.4 is 4.74 Å². The summed E-state index contributed by atoms with van der Waals surface area (Å²) in [6, 6.07) is 11.7. The highest BCUT2D eigenvalue weighted by Gasteiger charge is 2.52. The van der Waals surface area contributed by atoms with Crippen LogP contribution in [0.15, 0.2) is 42.5 Å². The molecule has 2 aromatic rings. The van der Waals surface area contributed by atoms with Crippen LogP contribution >= 0.6 is 11.6 Å². The molecular weight excluding hydrogens is 369 g/mol. The molecule has 0 aromatic heterocycles. The quantitative estimate of drug-likeness (QED) is 0.750. The van der Waals surface area contributed by atoms with Crippen LogP contribution in [0, 0.1) is 17.8 Å². The van der Waals surface area contributed by atoms with Crippen molar-refractivity contribution in [3.05, 3.63) is 64.2 Å². The molecule has 0 aliphatic carbocycles. The van der Waals surface area contributed by atoms with Crippen molar-refractivity contribution in [3.63, 3.8) is 0 Å². The second-order valence-corrected chi connectivity index (χ2v) is 6.22. The van der Waals surface area contributed by atoms with Gasteiger partial charge >= 0.3 is 12.1 Å². The summed E-state index contributed by atoms with van der Waals surface area (Å²) in [7, 11) is 0. The third kappa shape index (κ3) is 3.78. The van der Waals surface area contributed by atoms with Gasteiger partial charge in [-0.05, 0) is 36.2 Å². The lowest BCUT2D eigenvalue weighted by atomic mass is 9.89. The fraction of sp³-hybridized carbons (Fsp3) is 0.211. The van der Waals surface area contributed by atoms with E-state index in [4.69, 9.17) is 21.4 Å². The number of carbonyl (C=O) groups is 1. The van der Waals surface area contributed by atoms with Crippen molar-refractivity contribution in [3.8, 4) is 17.6 Å². The number of fused-ring (bicyclic) bond motifs is 1. The van der Waals surface area contributed by atoms with Gasteiger partial charge < -0.3 is 9.84 Å². The largest absolute Gasteiger partial charge is 0.481 e. The van der Waals surface area contributed by atoms with Crippen LogP contribution in [0.1, 0.15) is 16.7 Å². The number of hydrogen-bond donors (Lipinski definition) is 1. The third-order valence-electron chi connectivity index (χ3n) is 3.94. The first-order valence-corrected chi connectivity index (χ1v) is 7.99. The minimum absolute atomic E-state index is 0.0716. The number of hydrogen-bond acceptors (Lipinski definition) is 2. The van der Waals surface area contributed by atoms with E-state index < -0.39 is 24.2 Å². The smallest absolute Gasteiger partial charge is 0.426 e. The van der Waals surface area contributed by atoms with E-state index in [1.807, 2.05) is 6.07 Å². The van der Waals surface area contributed by atoms with Gasteiger partial charge in [-0.1, -0.05) is 41.6 Å². The van der Waals surface area contributed by atoms with E-state index in [0.717, 1.165) is 0 Å². The van der Waals surface area contributed by atoms with Gasteiger partial charge in [0.1, 0.15) is 11.7 Å². The van der Waals surface area contributed by atoms with Crippen molar-refractivity contribution in [1.82, 2.24) is 0 Å². The number of ether oxygens (including phenoxy) is 1. The highest BCUT2D eigenvalue weighted by molar-refractivity contribution is 6.30. The molecule has 0 saturated carbocycles. The van der Waals surface area contributed by atoms with Gasteiger partial charge in [0.15, 0.2) is 0 Å². The number of rotatable bonds is 1. The van der Waals surface area contributed by atoms with E-state index >= 15 is 0 Å². The third-order valence-corrected chi connectivity index (χ3v) is 4.15.